The quantitative estimate of drug-likeness (QED) is 0.150. The summed E-state index contributed by atoms with van der Waals surface area (Å²) in [5.74, 6) is 0. The van der Waals surface area contributed by atoms with Gasteiger partial charge in [0.05, 0.1) is 0 Å². The molecule has 0 radical (unpaired) electrons. The number of hydrogen-bond donors (Lipinski definition) is 0. The highest BCUT2D eigenvalue weighted by Gasteiger charge is 2.45. The fourth-order valence-electron chi connectivity index (χ4n) is 18.3. The third kappa shape index (κ3) is 13.8. The van der Waals surface area contributed by atoms with Crippen molar-refractivity contribution in [3.63, 3.8) is 0 Å². The fourth-order valence-corrected chi connectivity index (χ4v) is 18.3. The van der Waals surface area contributed by atoms with Crippen LogP contribution in [0.2, 0.25) is 0 Å². The summed E-state index contributed by atoms with van der Waals surface area (Å²) in [6.45, 7) is 28.3. The molecular formula is C106H116N4. The first kappa shape index (κ1) is 78.1. The van der Waals surface area contributed by atoms with Crippen LogP contribution >= 0.6 is 0 Å². The van der Waals surface area contributed by atoms with Crippen molar-refractivity contribution in [3.8, 4) is 66.8 Å². The number of fused-ring (bicyclic) bond motifs is 26. The lowest BCUT2D eigenvalue weighted by Gasteiger charge is -2.24. The van der Waals surface area contributed by atoms with Crippen LogP contribution < -0.4 is 0 Å². The highest BCUT2D eigenvalue weighted by Crippen LogP contribution is 2.60. The van der Waals surface area contributed by atoms with Gasteiger partial charge in [-0.05, 0) is 285 Å². The number of benzene rings is 14. The van der Waals surface area contributed by atoms with E-state index in [1.54, 1.807) is 0 Å². The molecule has 0 saturated heterocycles. The van der Waals surface area contributed by atoms with E-state index in [-0.39, 0.29) is 32.5 Å². The third-order valence-electron chi connectivity index (χ3n) is 23.5. The average molecular weight is 1450 g/mol. The summed E-state index contributed by atoms with van der Waals surface area (Å²) in [6.07, 6.45) is 0. The average Bonchev–Trinajstić information content (AvgIpc) is 1.54. The van der Waals surface area contributed by atoms with Gasteiger partial charge in [-0.25, -0.2) is 0 Å². The molecule has 14 aromatic carbocycles. The van der Waals surface area contributed by atoms with Gasteiger partial charge in [-0.15, -0.1) is 0 Å². The van der Waals surface area contributed by atoms with Gasteiger partial charge >= 0.3 is 0 Å². The van der Waals surface area contributed by atoms with Gasteiger partial charge in [0.2, 0.25) is 0 Å². The zero-order valence-electron chi connectivity index (χ0n) is 70.2. The summed E-state index contributed by atoms with van der Waals surface area (Å²) in [7, 11) is 24.0. The summed E-state index contributed by atoms with van der Waals surface area (Å²) in [5, 5.41) is 10.8. The predicted molar refractivity (Wildman–Crippen MR) is 480 cm³/mol. The van der Waals surface area contributed by atoms with Crippen molar-refractivity contribution >= 4 is 43.1 Å². The second kappa shape index (κ2) is 30.0. The molecule has 0 saturated carbocycles. The van der Waals surface area contributed by atoms with Gasteiger partial charge in [-0.3, -0.25) is 0 Å². The highest BCUT2D eigenvalue weighted by molar-refractivity contribution is 6.07. The first-order valence-corrected chi connectivity index (χ1v) is 39.4. The van der Waals surface area contributed by atoms with E-state index in [0.29, 0.717) is 0 Å². The molecule has 0 aromatic heterocycles. The highest BCUT2D eigenvalue weighted by atomic mass is 15.0. The molecule has 20 rings (SSSR count). The minimum absolute atomic E-state index is 0.0193. The largest absolute Gasteiger partial charge is 0.312 e. The molecular weight excluding hydrogens is 1330 g/mol. The van der Waals surface area contributed by atoms with Gasteiger partial charge in [-0.2, -0.15) is 0 Å². The van der Waals surface area contributed by atoms with Gasteiger partial charge in [-0.1, -0.05) is 326 Å². The van der Waals surface area contributed by atoms with E-state index in [0.717, 1.165) is 0 Å². The van der Waals surface area contributed by atoms with Gasteiger partial charge < -0.3 is 19.6 Å². The van der Waals surface area contributed by atoms with E-state index in [2.05, 4.69) is 350 Å². The standard InChI is InChI=1S/2C28H24.2C19H16.4C3H9N/c2*1-27(2)22-12-8-7-11-19(22)20-15-25-21(16-24(20)27)26-18-10-6-5-9-17(18)13-14-23(26)28(25,3)4;2*1-19(2)16-10-6-5-9-15(16)18-14-8-4-3-7-13(14)11-12-17(18)19;4*1-4(2)3/h2*5-16H,1-4H3;2*3-12H,1-2H3;4*1-3H3. The second-order valence-corrected chi connectivity index (χ2v) is 36.0. The Labute approximate surface area is 659 Å². The van der Waals surface area contributed by atoms with Crippen LogP contribution in [0.15, 0.2) is 267 Å². The SMILES string of the molecule is CC1(C)c2ccccc2-c2c1ccc1ccccc21.CC1(C)c2ccccc2-c2c1ccc1ccccc21.CC1(C)c2ccccc2-c2cc3c(cc21)-c1c(ccc2ccccc12)C3(C)C.CC1(C)c2ccccc2-c2cc3c(cc21)-c1c(ccc2ccccc12)C3(C)C.CN(C)C.CN(C)C.CN(C)C.CN(C)C. The molecule has 0 bridgehead atoms. The molecule has 4 nitrogen and oxygen atoms in total. The molecule has 0 amide bonds. The van der Waals surface area contributed by atoms with Gasteiger partial charge in [0.1, 0.15) is 0 Å². The van der Waals surface area contributed by atoms with E-state index < -0.39 is 0 Å². The van der Waals surface area contributed by atoms with Gasteiger partial charge in [0.25, 0.3) is 0 Å². The Balaban J connectivity index is 0.000000122. The van der Waals surface area contributed by atoms with Crippen LogP contribution in [-0.2, 0) is 32.5 Å². The molecule has 0 aliphatic heterocycles. The van der Waals surface area contributed by atoms with Crippen molar-refractivity contribution in [2.24, 2.45) is 0 Å². The van der Waals surface area contributed by atoms with Crippen molar-refractivity contribution in [3.05, 3.63) is 334 Å². The molecule has 14 aromatic rings. The molecule has 0 spiro atoms. The Morgan fingerprint density at radius 1 is 0.155 bits per heavy atom. The third-order valence-corrected chi connectivity index (χ3v) is 23.5. The van der Waals surface area contributed by atoms with Gasteiger partial charge in [0.15, 0.2) is 0 Å². The molecule has 0 N–H and O–H groups in total. The van der Waals surface area contributed by atoms with Crippen molar-refractivity contribution in [2.45, 2.75) is 116 Å². The molecule has 0 unspecified atom stereocenters. The fraction of sp³-hybridized carbons (Fsp3) is 0.283. The maximum absolute atomic E-state index is 2.50. The van der Waals surface area contributed by atoms with Crippen molar-refractivity contribution in [1.82, 2.24) is 19.6 Å². The lowest BCUT2D eigenvalue weighted by molar-refractivity contribution is 0.505. The Morgan fingerprint density at radius 2 is 0.327 bits per heavy atom. The first-order valence-electron chi connectivity index (χ1n) is 39.4. The molecule has 4 heteroatoms. The minimum Gasteiger partial charge on any atom is -0.312 e. The van der Waals surface area contributed by atoms with Crippen molar-refractivity contribution in [1.29, 1.82) is 0 Å². The Kier molecular flexibility index (Phi) is 21.3. The van der Waals surface area contributed by atoms with Crippen molar-refractivity contribution < 1.29 is 0 Å². The summed E-state index contributed by atoms with van der Waals surface area (Å²) in [4.78, 5) is 8.00. The molecule has 0 fully saturated rings. The normalized spacial score (nSPS) is 15.3. The lowest BCUT2D eigenvalue weighted by atomic mass is 9.79. The summed E-state index contributed by atoms with van der Waals surface area (Å²) < 4.78 is 0. The van der Waals surface area contributed by atoms with E-state index in [1.807, 2.05) is 104 Å². The summed E-state index contributed by atoms with van der Waals surface area (Å²) in [5.41, 5.74) is 34.8. The maximum atomic E-state index is 2.50. The van der Waals surface area contributed by atoms with Crippen LogP contribution in [0.5, 0.6) is 0 Å². The van der Waals surface area contributed by atoms with E-state index in [1.165, 1.54) is 177 Å². The van der Waals surface area contributed by atoms with E-state index >= 15 is 0 Å². The van der Waals surface area contributed by atoms with Crippen LogP contribution in [0.3, 0.4) is 0 Å². The van der Waals surface area contributed by atoms with Crippen LogP contribution in [0.1, 0.15) is 150 Å². The number of nitrogens with zero attached hydrogens (tertiary/aromatic N) is 4. The Bertz CT molecular complexity index is 5430. The van der Waals surface area contributed by atoms with Crippen LogP contribution in [-0.4, -0.2) is 104 Å². The maximum Gasteiger partial charge on any atom is 0.0159 e. The first-order chi connectivity index (χ1) is 52.1. The van der Waals surface area contributed by atoms with Crippen molar-refractivity contribution in [2.75, 3.05) is 84.6 Å². The lowest BCUT2D eigenvalue weighted by Crippen LogP contribution is -2.16. The molecule has 6 aliphatic carbocycles. The van der Waals surface area contributed by atoms with Crippen LogP contribution in [0, 0.1) is 0 Å². The molecule has 6 aliphatic rings. The van der Waals surface area contributed by atoms with Crippen LogP contribution in [0.4, 0.5) is 0 Å². The zero-order chi connectivity index (χ0) is 78.9. The monoisotopic (exact) mass is 1440 g/mol. The van der Waals surface area contributed by atoms with Crippen LogP contribution in [0.25, 0.3) is 110 Å². The second-order valence-electron chi connectivity index (χ2n) is 36.0. The molecule has 110 heavy (non-hydrogen) atoms. The number of rotatable bonds is 0. The Morgan fingerprint density at radius 3 is 0.591 bits per heavy atom. The topological polar surface area (TPSA) is 13.0 Å². The molecule has 0 atom stereocenters. The number of hydrogen-bond acceptors (Lipinski definition) is 4. The smallest absolute Gasteiger partial charge is 0.0159 e. The zero-order valence-corrected chi connectivity index (χ0v) is 70.2. The van der Waals surface area contributed by atoms with E-state index in [4.69, 9.17) is 0 Å². The summed E-state index contributed by atoms with van der Waals surface area (Å²) >= 11 is 0. The molecule has 0 heterocycles. The minimum atomic E-state index is 0.0193. The molecule has 560 valence electrons. The van der Waals surface area contributed by atoms with Gasteiger partial charge in [0, 0.05) is 32.5 Å². The van der Waals surface area contributed by atoms with E-state index in [9.17, 15) is 0 Å². The predicted octanol–water partition coefficient (Wildman–Crippen LogP) is 25.9. The summed E-state index contributed by atoms with van der Waals surface area (Å²) in [6, 6.07) is 98.9. The Hall–Kier alpha value is -10.0.